The number of benzene rings is 1. The molecule has 0 aliphatic carbocycles. The van der Waals surface area contributed by atoms with Gasteiger partial charge < -0.3 is 9.67 Å². The molecular formula is C20H26N2O2. The molecule has 24 heavy (non-hydrogen) atoms. The highest BCUT2D eigenvalue weighted by atomic mass is 16.3. The Morgan fingerprint density at radius 2 is 1.79 bits per heavy atom. The molecule has 0 saturated carbocycles. The maximum atomic E-state index is 13.1. The summed E-state index contributed by atoms with van der Waals surface area (Å²) in [6, 6.07) is 11.6. The van der Waals surface area contributed by atoms with Crippen molar-refractivity contribution < 1.29 is 5.11 Å². The summed E-state index contributed by atoms with van der Waals surface area (Å²) in [4.78, 5) is 15.4. The zero-order valence-corrected chi connectivity index (χ0v) is 14.5. The molecule has 1 aromatic carbocycles. The van der Waals surface area contributed by atoms with Gasteiger partial charge in [0.05, 0.1) is 11.6 Å². The summed E-state index contributed by atoms with van der Waals surface area (Å²) in [6.45, 7) is 6.36. The van der Waals surface area contributed by atoms with E-state index >= 15 is 0 Å². The number of pyridine rings is 1. The van der Waals surface area contributed by atoms with Gasteiger partial charge in [-0.3, -0.25) is 9.69 Å². The SMILES string of the molecule is CCn1c(C)cc(O)c([C@H](c2ccccc2)N2CCCCC2)c1=O. The normalized spacial score (nSPS) is 16.9. The van der Waals surface area contributed by atoms with Gasteiger partial charge in [-0.1, -0.05) is 36.8 Å². The maximum absolute atomic E-state index is 13.1. The predicted octanol–water partition coefficient (Wildman–Crippen LogP) is 3.46. The Kier molecular flexibility index (Phi) is 5.05. The van der Waals surface area contributed by atoms with Gasteiger partial charge >= 0.3 is 0 Å². The number of aryl methyl sites for hydroxylation is 1. The minimum atomic E-state index is -0.183. The third kappa shape index (κ3) is 3.11. The van der Waals surface area contributed by atoms with Crippen molar-refractivity contribution in [3.05, 3.63) is 63.6 Å². The van der Waals surface area contributed by atoms with Gasteiger partial charge in [-0.2, -0.15) is 0 Å². The average Bonchev–Trinajstić information content (AvgIpc) is 2.60. The largest absolute Gasteiger partial charge is 0.507 e. The highest BCUT2D eigenvalue weighted by molar-refractivity contribution is 5.41. The van der Waals surface area contributed by atoms with Gasteiger partial charge in [0, 0.05) is 12.2 Å². The van der Waals surface area contributed by atoms with Gasteiger partial charge in [0.25, 0.3) is 5.56 Å². The quantitative estimate of drug-likeness (QED) is 0.936. The highest BCUT2D eigenvalue weighted by Gasteiger charge is 2.29. The molecule has 1 aromatic heterocycles. The Hall–Kier alpha value is -2.07. The second-order valence-corrected chi connectivity index (χ2v) is 6.54. The van der Waals surface area contributed by atoms with Crippen LogP contribution < -0.4 is 5.56 Å². The second-order valence-electron chi connectivity index (χ2n) is 6.54. The van der Waals surface area contributed by atoms with Crippen LogP contribution >= 0.6 is 0 Å². The molecule has 0 spiro atoms. The molecule has 4 nitrogen and oxygen atoms in total. The number of aromatic nitrogens is 1. The lowest BCUT2D eigenvalue weighted by Gasteiger charge is -2.35. The van der Waals surface area contributed by atoms with E-state index in [1.54, 1.807) is 10.6 Å². The maximum Gasteiger partial charge on any atom is 0.259 e. The smallest absolute Gasteiger partial charge is 0.259 e. The third-order valence-corrected chi connectivity index (χ3v) is 4.98. The zero-order chi connectivity index (χ0) is 17.1. The Morgan fingerprint density at radius 1 is 1.12 bits per heavy atom. The van der Waals surface area contributed by atoms with Gasteiger partial charge in [-0.05, 0) is 51.4 Å². The van der Waals surface area contributed by atoms with Gasteiger partial charge in [0.15, 0.2) is 0 Å². The summed E-state index contributed by atoms with van der Waals surface area (Å²) in [5, 5.41) is 10.6. The molecule has 1 aliphatic rings. The molecule has 1 fully saturated rings. The van der Waals surface area contributed by atoms with Gasteiger partial charge in [0.1, 0.15) is 5.75 Å². The minimum absolute atomic E-state index is 0.0746. The molecule has 0 radical (unpaired) electrons. The number of rotatable bonds is 4. The molecule has 0 unspecified atom stereocenters. The first kappa shape index (κ1) is 16.8. The Bertz CT molecular complexity index is 746. The van der Waals surface area contributed by atoms with E-state index in [1.165, 1.54) is 6.42 Å². The topological polar surface area (TPSA) is 45.5 Å². The van der Waals surface area contributed by atoms with Crippen LogP contribution in [0.25, 0.3) is 0 Å². The molecule has 3 rings (SSSR count). The van der Waals surface area contributed by atoms with Crippen LogP contribution in [0, 0.1) is 6.92 Å². The predicted molar refractivity (Wildman–Crippen MR) is 96.5 cm³/mol. The van der Waals surface area contributed by atoms with E-state index in [9.17, 15) is 9.90 Å². The summed E-state index contributed by atoms with van der Waals surface area (Å²) < 4.78 is 1.74. The van der Waals surface area contributed by atoms with Crippen molar-refractivity contribution in [3.8, 4) is 5.75 Å². The van der Waals surface area contributed by atoms with Crippen molar-refractivity contribution in [2.24, 2.45) is 0 Å². The fourth-order valence-corrected chi connectivity index (χ4v) is 3.79. The molecule has 1 atom stereocenters. The number of aromatic hydroxyl groups is 1. The molecule has 2 heterocycles. The van der Waals surface area contributed by atoms with Crippen LogP contribution in [0.5, 0.6) is 5.75 Å². The third-order valence-electron chi connectivity index (χ3n) is 4.98. The first-order valence-corrected chi connectivity index (χ1v) is 8.85. The molecular weight excluding hydrogens is 300 g/mol. The van der Waals surface area contributed by atoms with Crippen LogP contribution in [0.1, 0.15) is 49.0 Å². The van der Waals surface area contributed by atoms with Gasteiger partial charge in [-0.15, -0.1) is 0 Å². The first-order chi connectivity index (χ1) is 11.6. The lowest BCUT2D eigenvalue weighted by molar-refractivity contribution is 0.183. The molecule has 0 bridgehead atoms. The summed E-state index contributed by atoms with van der Waals surface area (Å²) >= 11 is 0. The fraction of sp³-hybridized carbons (Fsp3) is 0.450. The van der Waals surface area contributed by atoms with Crippen molar-refractivity contribution in [1.29, 1.82) is 0 Å². The monoisotopic (exact) mass is 326 g/mol. The minimum Gasteiger partial charge on any atom is -0.507 e. The fourth-order valence-electron chi connectivity index (χ4n) is 3.79. The molecule has 2 aromatic rings. The number of likely N-dealkylation sites (tertiary alicyclic amines) is 1. The molecule has 1 saturated heterocycles. The van der Waals surface area contributed by atoms with E-state index in [-0.39, 0.29) is 17.4 Å². The van der Waals surface area contributed by atoms with Crippen molar-refractivity contribution in [1.82, 2.24) is 9.47 Å². The molecule has 1 aliphatic heterocycles. The Morgan fingerprint density at radius 3 is 2.42 bits per heavy atom. The Labute approximate surface area is 143 Å². The van der Waals surface area contributed by atoms with E-state index in [2.05, 4.69) is 4.90 Å². The molecule has 128 valence electrons. The number of hydrogen-bond donors (Lipinski definition) is 1. The van der Waals surface area contributed by atoms with Crippen LogP contribution in [0.2, 0.25) is 0 Å². The van der Waals surface area contributed by atoms with Crippen molar-refractivity contribution in [3.63, 3.8) is 0 Å². The standard InChI is InChI=1S/C20H26N2O2/c1-3-22-15(2)14-17(23)18(20(22)24)19(16-10-6-4-7-11-16)21-12-8-5-9-13-21/h4,6-7,10-11,14,19,23H,3,5,8-9,12-13H2,1-2H3/t19-/m0/s1. The first-order valence-electron chi connectivity index (χ1n) is 8.85. The average molecular weight is 326 g/mol. The summed E-state index contributed by atoms with van der Waals surface area (Å²) in [5.41, 5.74) is 2.30. The number of piperidine rings is 1. The van der Waals surface area contributed by atoms with Crippen LogP contribution in [0.15, 0.2) is 41.2 Å². The van der Waals surface area contributed by atoms with E-state index in [1.807, 2.05) is 44.2 Å². The van der Waals surface area contributed by atoms with E-state index < -0.39 is 0 Å². The van der Waals surface area contributed by atoms with E-state index in [0.717, 1.165) is 37.2 Å². The van der Waals surface area contributed by atoms with Crippen LogP contribution in [0.3, 0.4) is 0 Å². The van der Waals surface area contributed by atoms with E-state index in [0.29, 0.717) is 12.1 Å². The highest BCUT2D eigenvalue weighted by Crippen LogP contribution is 2.34. The van der Waals surface area contributed by atoms with Gasteiger partial charge in [-0.25, -0.2) is 0 Å². The van der Waals surface area contributed by atoms with Gasteiger partial charge in [0.2, 0.25) is 0 Å². The lowest BCUT2D eigenvalue weighted by atomic mass is 9.94. The summed E-state index contributed by atoms with van der Waals surface area (Å²) in [5.74, 6) is 0.113. The Balaban J connectivity index is 2.18. The number of hydrogen-bond acceptors (Lipinski definition) is 3. The zero-order valence-electron chi connectivity index (χ0n) is 14.5. The second kappa shape index (κ2) is 7.22. The van der Waals surface area contributed by atoms with E-state index in [4.69, 9.17) is 0 Å². The van der Waals surface area contributed by atoms with Crippen molar-refractivity contribution in [2.75, 3.05) is 13.1 Å². The van der Waals surface area contributed by atoms with Crippen LogP contribution in [-0.2, 0) is 6.54 Å². The van der Waals surface area contributed by atoms with Crippen LogP contribution in [-0.4, -0.2) is 27.7 Å². The van der Waals surface area contributed by atoms with Crippen molar-refractivity contribution >= 4 is 0 Å². The van der Waals surface area contributed by atoms with Crippen molar-refractivity contribution in [2.45, 2.75) is 45.7 Å². The summed E-state index contributed by atoms with van der Waals surface area (Å²) in [7, 11) is 0. The lowest BCUT2D eigenvalue weighted by Crippen LogP contribution is -2.38. The van der Waals surface area contributed by atoms with Crippen LogP contribution in [0.4, 0.5) is 0 Å². The molecule has 0 amide bonds. The summed E-state index contributed by atoms with van der Waals surface area (Å²) in [6.07, 6.45) is 3.51. The molecule has 1 N–H and O–H groups in total. The number of nitrogens with zero attached hydrogens (tertiary/aromatic N) is 2. The molecule has 4 heteroatoms.